The van der Waals surface area contributed by atoms with Gasteiger partial charge in [0.15, 0.2) is 0 Å². The van der Waals surface area contributed by atoms with Crippen LogP contribution < -0.4 is 4.72 Å². The molecule has 1 fully saturated rings. The van der Waals surface area contributed by atoms with E-state index >= 15 is 0 Å². The highest BCUT2D eigenvalue weighted by Gasteiger charge is 2.42. The van der Waals surface area contributed by atoms with Gasteiger partial charge in [-0.2, -0.15) is 11.8 Å². The van der Waals surface area contributed by atoms with E-state index in [1.165, 1.54) is 6.07 Å². The first-order valence-corrected chi connectivity index (χ1v) is 9.29. The Morgan fingerprint density at radius 1 is 1.48 bits per heavy atom. The van der Waals surface area contributed by atoms with Crippen molar-refractivity contribution in [3.05, 3.63) is 32.8 Å². The van der Waals surface area contributed by atoms with Crippen molar-refractivity contribution in [2.24, 2.45) is 0 Å². The number of nitrogens with zero attached hydrogens (tertiary/aromatic N) is 1. The van der Waals surface area contributed by atoms with Gasteiger partial charge < -0.3 is 0 Å². The number of nitro benzene ring substituents is 1. The van der Waals surface area contributed by atoms with Gasteiger partial charge in [-0.3, -0.25) is 10.1 Å². The van der Waals surface area contributed by atoms with Gasteiger partial charge >= 0.3 is 0 Å². The molecule has 0 spiro atoms. The highest BCUT2D eigenvalue weighted by Crippen LogP contribution is 2.46. The summed E-state index contributed by atoms with van der Waals surface area (Å²) in [6.07, 6.45) is 3.88. The fourth-order valence-corrected chi connectivity index (χ4v) is 4.45. The third-order valence-corrected chi connectivity index (χ3v) is 6.82. The number of nitro groups is 1. The molecule has 0 amide bonds. The smallest absolute Gasteiger partial charge is 0.258 e. The van der Waals surface area contributed by atoms with Crippen LogP contribution in [0, 0.1) is 17.0 Å². The first kappa shape index (κ1) is 16.5. The van der Waals surface area contributed by atoms with E-state index in [1.54, 1.807) is 18.7 Å². The number of thioether (sulfide) groups is 1. The molecule has 21 heavy (non-hydrogen) atoms. The fraction of sp³-hybridized carbons (Fsp3) is 0.500. The van der Waals surface area contributed by atoms with E-state index in [2.05, 4.69) is 4.72 Å². The van der Waals surface area contributed by atoms with E-state index in [0.29, 0.717) is 12.1 Å². The molecule has 116 valence electrons. The van der Waals surface area contributed by atoms with Crippen molar-refractivity contribution in [1.82, 2.24) is 4.72 Å². The summed E-state index contributed by atoms with van der Waals surface area (Å²) in [4.78, 5) is 10.1. The van der Waals surface area contributed by atoms with E-state index in [4.69, 9.17) is 11.6 Å². The molecule has 0 heterocycles. The van der Waals surface area contributed by atoms with Gasteiger partial charge in [-0.15, -0.1) is 0 Å². The average Bonchev–Trinajstić information content (AvgIpc) is 3.16. The molecule has 1 N–H and O–H groups in total. The Kier molecular flexibility index (Phi) is 4.53. The Balaban J connectivity index is 2.31. The van der Waals surface area contributed by atoms with Crippen molar-refractivity contribution in [3.8, 4) is 0 Å². The van der Waals surface area contributed by atoms with E-state index < -0.39 is 20.6 Å². The second-order valence-electron chi connectivity index (χ2n) is 5.04. The van der Waals surface area contributed by atoms with E-state index in [-0.39, 0.29) is 14.7 Å². The summed E-state index contributed by atoms with van der Waals surface area (Å²) < 4.78 is 27.2. The van der Waals surface area contributed by atoms with Gasteiger partial charge in [0.25, 0.3) is 5.69 Å². The minimum atomic E-state index is -3.79. The van der Waals surface area contributed by atoms with Gasteiger partial charge in [0.05, 0.1) is 9.82 Å². The van der Waals surface area contributed by atoms with Gasteiger partial charge in [-0.05, 0) is 37.7 Å². The standard InChI is InChI=1S/C12H15ClN2O4S2/c1-8-5-9(13)10(15(16)17)6-11(8)21(18,19)14-7-12(20-2)3-4-12/h5-6,14H,3-4,7H2,1-2H3. The SMILES string of the molecule is CSC1(CNS(=O)(=O)c2cc([N+](=O)[O-])c(Cl)cc2C)CC1. The molecule has 0 radical (unpaired) electrons. The average molecular weight is 351 g/mol. The number of sulfonamides is 1. The van der Waals surface area contributed by atoms with Gasteiger partial charge in [-0.1, -0.05) is 11.6 Å². The monoisotopic (exact) mass is 350 g/mol. The molecule has 1 saturated carbocycles. The van der Waals surface area contributed by atoms with Crippen LogP contribution >= 0.6 is 23.4 Å². The lowest BCUT2D eigenvalue weighted by molar-refractivity contribution is -0.384. The third-order valence-electron chi connectivity index (χ3n) is 3.56. The van der Waals surface area contributed by atoms with E-state index in [9.17, 15) is 18.5 Å². The lowest BCUT2D eigenvalue weighted by Gasteiger charge is -2.14. The van der Waals surface area contributed by atoms with Crippen LogP contribution in [0.1, 0.15) is 18.4 Å². The molecule has 1 aliphatic rings. The molecule has 0 unspecified atom stereocenters. The Morgan fingerprint density at radius 3 is 2.57 bits per heavy atom. The zero-order chi connectivity index (χ0) is 15.8. The predicted molar refractivity (Wildman–Crippen MR) is 83.5 cm³/mol. The molecule has 1 aromatic carbocycles. The second-order valence-corrected chi connectivity index (χ2v) is 8.45. The minimum Gasteiger partial charge on any atom is -0.258 e. The quantitative estimate of drug-likeness (QED) is 0.629. The van der Waals surface area contributed by atoms with Gasteiger partial charge in [0.2, 0.25) is 10.0 Å². The third kappa shape index (κ3) is 3.50. The van der Waals surface area contributed by atoms with Crippen LogP contribution in [-0.2, 0) is 10.0 Å². The Labute approximate surface area is 132 Å². The number of benzene rings is 1. The first-order valence-electron chi connectivity index (χ1n) is 6.20. The Hall–Kier alpha value is -0.830. The van der Waals surface area contributed by atoms with Crippen molar-refractivity contribution in [3.63, 3.8) is 0 Å². The molecule has 0 saturated heterocycles. The Bertz CT molecular complexity index is 687. The van der Waals surface area contributed by atoms with Crippen molar-refractivity contribution < 1.29 is 13.3 Å². The van der Waals surface area contributed by atoms with Crippen LogP contribution in [0.5, 0.6) is 0 Å². The van der Waals surface area contributed by atoms with Crippen LogP contribution in [0.15, 0.2) is 17.0 Å². The van der Waals surface area contributed by atoms with Gasteiger partial charge in [-0.25, -0.2) is 13.1 Å². The van der Waals surface area contributed by atoms with Crippen molar-refractivity contribution in [1.29, 1.82) is 0 Å². The number of rotatable bonds is 6. The summed E-state index contributed by atoms with van der Waals surface area (Å²) in [5.74, 6) is 0. The largest absolute Gasteiger partial charge is 0.289 e. The van der Waals surface area contributed by atoms with Crippen LogP contribution in [0.4, 0.5) is 5.69 Å². The highest BCUT2D eigenvalue weighted by molar-refractivity contribution is 8.00. The number of halogens is 1. The molecule has 0 aromatic heterocycles. The molecule has 0 aliphatic heterocycles. The molecule has 1 aliphatic carbocycles. The molecule has 0 bridgehead atoms. The summed E-state index contributed by atoms with van der Waals surface area (Å²) in [7, 11) is -3.79. The second kappa shape index (κ2) is 5.75. The number of nitrogens with one attached hydrogen (secondary N) is 1. The summed E-state index contributed by atoms with van der Waals surface area (Å²) in [6.45, 7) is 1.89. The molecule has 9 heteroatoms. The summed E-state index contributed by atoms with van der Waals surface area (Å²) in [5.41, 5.74) is -0.0271. The lowest BCUT2D eigenvalue weighted by atomic mass is 10.2. The van der Waals surface area contributed by atoms with Crippen molar-refractivity contribution in [2.45, 2.75) is 29.4 Å². The summed E-state index contributed by atoms with van der Waals surface area (Å²) >= 11 is 7.40. The normalized spacial score (nSPS) is 16.7. The van der Waals surface area contributed by atoms with E-state index in [0.717, 1.165) is 18.9 Å². The highest BCUT2D eigenvalue weighted by atomic mass is 35.5. The van der Waals surface area contributed by atoms with Crippen LogP contribution in [-0.4, -0.2) is 30.9 Å². The Morgan fingerprint density at radius 2 is 2.10 bits per heavy atom. The van der Waals surface area contributed by atoms with E-state index in [1.807, 2.05) is 6.26 Å². The molecular formula is C12H15ClN2O4S2. The molecular weight excluding hydrogens is 336 g/mol. The maximum absolute atomic E-state index is 12.3. The van der Waals surface area contributed by atoms with Crippen molar-refractivity contribution in [2.75, 3.05) is 12.8 Å². The van der Waals surface area contributed by atoms with Crippen molar-refractivity contribution >= 4 is 39.1 Å². The summed E-state index contributed by atoms with van der Waals surface area (Å²) in [6, 6.07) is 2.31. The fourth-order valence-electron chi connectivity index (χ4n) is 1.97. The lowest BCUT2D eigenvalue weighted by Crippen LogP contribution is -2.32. The maximum Gasteiger partial charge on any atom is 0.289 e. The predicted octanol–water partition coefficient (Wildman–Crippen LogP) is 2.73. The van der Waals surface area contributed by atoms with Gasteiger partial charge in [0.1, 0.15) is 5.02 Å². The van der Waals surface area contributed by atoms with Crippen LogP contribution in [0.3, 0.4) is 0 Å². The number of hydrogen-bond donors (Lipinski definition) is 1. The zero-order valence-corrected chi connectivity index (χ0v) is 13.9. The molecule has 2 rings (SSSR count). The number of aryl methyl sites for hydroxylation is 1. The van der Waals surface area contributed by atoms with Crippen LogP contribution in [0.2, 0.25) is 5.02 Å². The topological polar surface area (TPSA) is 89.3 Å². The molecule has 0 atom stereocenters. The maximum atomic E-state index is 12.3. The number of hydrogen-bond acceptors (Lipinski definition) is 5. The first-order chi connectivity index (χ1) is 9.71. The minimum absolute atomic E-state index is 0.0284. The van der Waals surface area contributed by atoms with Crippen LogP contribution in [0.25, 0.3) is 0 Å². The van der Waals surface area contributed by atoms with Gasteiger partial charge in [0, 0.05) is 17.4 Å². The summed E-state index contributed by atoms with van der Waals surface area (Å²) in [5, 5.41) is 10.8. The molecule has 1 aromatic rings. The zero-order valence-electron chi connectivity index (χ0n) is 11.6. The molecule has 6 nitrogen and oxygen atoms in total.